The molecular formula is C19H28O3. The third kappa shape index (κ3) is 1.78. The van der Waals surface area contributed by atoms with E-state index in [0.29, 0.717) is 36.4 Å². The van der Waals surface area contributed by atoms with Gasteiger partial charge in [0.25, 0.3) is 0 Å². The van der Waals surface area contributed by atoms with E-state index in [-0.39, 0.29) is 23.5 Å². The molecule has 0 aromatic heterocycles. The number of fused-ring (bicyclic) bond motifs is 5. The fourth-order valence-electron chi connectivity index (χ4n) is 6.55. The van der Waals surface area contributed by atoms with Crippen LogP contribution in [0.25, 0.3) is 0 Å². The lowest BCUT2D eigenvalue weighted by atomic mass is 9.47. The number of allylic oxidation sites excluding steroid dienone is 1. The molecule has 2 N–H and O–H groups in total. The van der Waals surface area contributed by atoms with Crippen LogP contribution in [-0.2, 0) is 4.79 Å². The summed E-state index contributed by atoms with van der Waals surface area (Å²) in [5.41, 5.74) is 1.17. The van der Waals surface area contributed by atoms with Gasteiger partial charge in [0.05, 0.1) is 12.7 Å². The average molecular weight is 304 g/mol. The average Bonchev–Trinajstić information content (AvgIpc) is 2.82. The van der Waals surface area contributed by atoms with E-state index >= 15 is 0 Å². The van der Waals surface area contributed by atoms with Crippen molar-refractivity contribution in [3.8, 4) is 0 Å². The zero-order valence-electron chi connectivity index (χ0n) is 13.6. The van der Waals surface area contributed by atoms with Crippen LogP contribution in [-0.4, -0.2) is 28.7 Å². The summed E-state index contributed by atoms with van der Waals surface area (Å²) < 4.78 is 0. The molecule has 0 radical (unpaired) electrons. The molecular weight excluding hydrogens is 276 g/mol. The second kappa shape index (κ2) is 4.91. The van der Waals surface area contributed by atoms with Crippen LogP contribution in [0.1, 0.15) is 58.3 Å². The lowest BCUT2D eigenvalue weighted by Gasteiger charge is -2.57. The third-order valence-electron chi connectivity index (χ3n) is 7.89. The Labute approximate surface area is 132 Å². The van der Waals surface area contributed by atoms with Gasteiger partial charge in [-0.25, -0.2) is 0 Å². The SMILES string of the molecule is C[C@]12CC[C@@H]3[C@@H](CC=C4CC(=O)CC[C@@]43CO)[C@@H]1CCC2O. The molecule has 4 aliphatic carbocycles. The Morgan fingerprint density at radius 1 is 1.23 bits per heavy atom. The van der Waals surface area contributed by atoms with Crippen LogP contribution in [0.3, 0.4) is 0 Å². The van der Waals surface area contributed by atoms with E-state index in [1.807, 2.05) is 0 Å². The quantitative estimate of drug-likeness (QED) is 0.732. The highest BCUT2D eigenvalue weighted by Crippen LogP contribution is 2.64. The van der Waals surface area contributed by atoms with Gasteiger partial charge in [0.1, 0.15) is 5.78 Å². The predicted octanol–water partition coefficient (Wildman–Crippen LogP) is 2.85. The number of aliphatic hydroxyl groups excluding tert-OH is 2. The zero-order chi connectivity index (χ0) is 15.5. The number of ketones is 1. The van der Waals surface area contributed by atoms with Crippen molar-refractivity contribution in [1.82, 2.24) is 0 Å². The van der Waals surface area contributed by atoms with Gasteiger partial charge in [-0.2, -0.15) is 0 Å². The number of hydrogen-bond acceptors (Lipinski definition) is 3. The first kappa shape index (κ1) is 14.9. The van der Waals surface area contributed by atoms with Gasteiger partial charge in [-0.3, -0.25) is 4.79 Å². The Balaban J connectivity index is 1.72. The van der Waals surface area contributed by atoms with E-state index in [1.54, 1.807) is 0 Å². The smallest absolute Gasteiger partial charge is 0.136 e. The highest BCUT2D eigenvalue weighted by molar-refractivity contribution is 5.82. The molecule has 0 spiro atoms. The highest BCUT2D eigenvalue weighted by Gasteiger charge is 2.59. The first-order chi connectivity index (χ1) is 10.5. The highest BCUT2D eigenvalue weighted by atomic mass is 16.3. The minimum Gasteiger partial charge on any atom is -0.395 e. The number of hydrogen-bond donors (Lipinski definition) is 2. The van der Waals surface area contributed by atoms with Crippen LogP contribution in [0.4, 0.5) is 0 Å². The molecule has 0 aliphatic heterocycles. The van der Waals surface area contributed by atoms with Crippen molar-refractivity contribution in [2.75, 3.05) is 6.61 Å². The molecule has 22 heavy (non-hydrogen) atoms. The summed E-state index contributed by atoms with van der Waals surface area (Å²) in [6, 6.07) is 0. The van der Waals surface area contributed by atoms with Crippen molar-refractivity contribution in [2.45, 2.75) is 64.4 Å². The summed E-state index contributed by atoms with van der Waals surface area (Å²) in [6.45, 7) is 2.47. The fourth-order valence-corrected chi connectivity index (χ4v) is 6.55. The van der Waals surface area contributed by atoms with E-state index in [0.717, 1.165) is 38.5 Å². The lowest BCUT2D eigenvalue weighted by molar-refractivity contribution is -0.124. The molecule has 0 aromatic carbocycles. The molecule has 1 unspecified atom stereocenters. The van der Waals surface area contributed by atoms with Gasteiger partial charge < -0.3 is 10.2 Å². The Kier molecular flexibility index (Phi) is 3.32. The van der Waals surface area contributed by atoms with Gasteiger partial charge in [-0.15, -0.1) is 0 Å². The molecule has 122 valence electrons. The van der Waals surface area contributed by atoms with Crippen LogP contribution < -0.4 is 0 Å². The van der Waals surface area contributed by atoms with E-state index in [9.17, 15) is 15.0 Å². The molecule has 3 heteroatoms. The third-order valence-corrected chi connectivity index (χ3v) is 7.89. The minimum absolute atomic E-state index is 0.0770. The molecule has 0 bridgehead atoms. The van der Waals surface area contributed by atoms with Gasteiger partial charge in [0, 0.05) is 18.3 Å². The standard InChI is InChI=1S/C19H28O3/c1-18-8-7-16-14(15(18)4-5-17(18)22)3-2-12-10-13(21)6-9-19(12,16)11-20/h2,14-17,20,22H,3-11H2,1H3/t14-,15-,16+,17?,18-,19+/m0/s1. The molecule has 4 aliphatic rings. The summed E-state index contributed by atoms with van der Waals surface area (Å²) in [7, 11) is 0. The van der Waals surface area contributed by atoms with Crippen LogP contribution in [0.2, 0.25) is 0 Å². The topological polar surface area (TPSA) is 57.5 Å². The van der Waals surface area contributed by atoms with Crippen molar-refractivity contribution in [1.29, 1.82) is 0 Å². The molecule has 0 heterocycles. The van der Waals surface area contributed by atoms with E-state index in [4.69, 9.17) is 0 Å². The lowest BCUT2D eigenvalue weighted by Crippen LogP contribution is -2.53. The number of rotatable bonds is 1. The van der Waals surface area contributed by atoms with Gasteiger partial charge >= 0.3 is 0 Å². The maximum atomic E-state index is 11.9. The number of carbonyl (C=O) groups excluding carboxylic acids is 1. The Morgan fingerprint density at radius 3 is 2.82 bits per heavy atom. The van der Waals surface area contributed by atoms with Gasteiger partial charge in [0.15, 0.2) is 0 Å². The van der Waals surface area contributed by atoms with Crippen molar-refractivity contribution in [3.63, 3.8) is 0 Å². The van der Waals surface area contributed by atoms with Crippen molar-refractivity contribution < 1.29 is 15.0 Å². The molecule has 3 fully saturated rings. The predicted molar refractivity (Wildman–Crippen MR) is 84.1 cm³/mol. The van der Waals surface area contributed by atoms with Crippen LogP contribution >= 0.6 is 0 Å². The summed E-state index contributed by atoms with van der Waals surface area (Å²) in [4.78, 5) is 11.9. The normalized spacial score (nSPS) is 50.9. The van der Waals surface area contributed by atoms with Crippen molar-refractivity contribution in [3.05, 3.63) is 11.6 Å². The van der Waals surface area contributed by atoms with Crippen LogP contribution in [0.15, 0.2) is 11.6 Å². The summed E-state index contributed by atoms with van der Waals surface area (Å²) in [5.74, 6) is 2.01. The fraction of sp³-hybridized carbons (Fsp3) is 0.842. The van der Waals surface area contributed by atoms with Crippen LogP contribution in [0, 0.1) is 28.6 Å². The molecule has 0 saturated heterocycles. The van der Waals surface area contributed by atoms with E-state index in [2.05, 4.69) is 13.0 Å². The number of Topliss-reactive ketones (excluding diaryl/α,β-unsaturated/α-hetero) is 1. The van der Waals surface area contributed by atoms with E-state index < -0.39 is 0 Å². The van der Waals surface area contributed by atoms with Crippen LogP contribution in [0.5, 0.6) is 0 Å². The van der Waals surface area contributed by atoms with Gasteiger partial charge in [0.2, 0.25) is 0 Å². The Morgan fingerprint density at radius 2 is 2.05 bits per heavy atom. The van der Waals surface area contributed by atoms with Gasteiger partial charge in [-0.05, 0) is 61.7 Å². The van der Waals surface area contributed by atoms with Gasteiger partial charge in [-0.1, -0.05) is 18.6 Å². The summed E-state index contributed by atoms with van der Waals surface area (Å²) >= 11 is 0. The first-order valence-corrected chi connectivity index (χ1v) is 9.01. The first-order valence-electron chi connectivity index (χ1n) is 9.01. The van der Waals surface area contributed by atoms with Crippen molar-refractivity contribution in [2.24, 2.45) is 28.6 Å². The maximum Gasteiger partial charge on any atom is 0.136 e. The van der Waals surface area contributed by atoms with Crippen molar-refractivity contribution >= 4 is 5.78 Å². The van der Waals surface area contributed by atoms with E-state index in [1.165, 1.54) is 5.57 Å². The molecule has 0 amide bonds. The maximum absolute atomic E-state index is 11.9. The number of aliphatic hydroxyl groups is 2. The summed E-state index contributed by atoms with van der Waals surface area (Å²) in [5, 5.41) is 20.7. The Hall–Kier alpha value is -0.670. The second-order valence-electron chi connectivity index (χ2n) is 8.51. The number of carbonyl (C=O) groups is 1. The Bertz CT molecular complexity index is 525. The molecule has 6 atom stereocenters. The minimum atomic E-state index is -0.151. The second-order valence-corrected chi connectivity index (χ2v) is 8.51. The molecule has 3 saturated carbocycles. The molecule has 0 aromatic rings. The molecule has 3 nitrogen and oxygen atoms in total. The zero-order valence-corrected chi connectivity index (χ0v) is 13.6. The molecule has 4 rings (SSSR count). The summed E-state index contributed by atoms with van der Waals surface area (Å²) in [6.07, 6.45) is 9.44. The largest absolute Gasteiger partial charge is 0.395 e. The monoisotopic (exact) mass is 304 g/mol.